The summed E-state index contributed by atoms with van der Waals surface area (Å²) >= 11 is 0. The summed E-state index contributed by atoms with van der Waals surface area (Å²) in [5, 5.41) is 1.02. The molecule has 0 atom stereocenters. The van der Waals surface area contributed by atoms with Crippen LogP contribution in [0.15, 0.2) is 59.7 Å². The van der Waals surface area contributed by atoms with E-state index >= 15 is 0 Å². The normalized spacial score (nSPS) is 12.3. The Bertz CT molecular complexity index is 783. The zero-order chi connectivity index (χ0) is 14.9. The average Bonchev–Trinajstić information content (AvgIpc) is 2.88. The lowest BCUT2D eigenvalue weighted by Gasteiger charge is -2.05. The fraction of sp³-hybridized carbons (Fsp3) is 0.0625. The van der Waals surface area contributed by atoms with E-state index in [2.05, 4.69) is 9.98 Å². The first-order chi connectivity index (χ1) is 10.0. The predicted molar refractivity (Wildman–Crippen MR) is 77.0 cm³/mol. The lowest BCUT2D eigenvalue weighted by Crippen LogP contribution is -2.03. The summed E-state index contributed by atoms with van der Waals surface area (Å²) in [7, 11) is 0. The second-order valence-electron chi connectivity index (χ2n) is 4.59. The number of nitrogens with one attached hydrogen (secondary N) is 1. The van der Waals surface area contributed by atoms with Gasteiger partial charge in [-0.05, 0) is 30.3 Å². The first-order valence-electron chi connectivity index (χ1n) is 6.31. The van der Waals surface area contributed by atoms with Crippen LogP contribution in [0.25, 0.3) is 10.9 Å². The van der Waals surface area contributed by atoms with E-state index in [1.54, 1.807) is 6.21 Å². The van der Waals surface area contributed by atoms with Gasteiger partial charge >= 0.3 is 6.18 Å². The zero-order valence-corrected chi connectivity index (χ0v) is 10.9. The van der Waals surface area contributed by atoms with Gasteiger partial charge in [-0.1, -0.05) is 18.2 Å². The molecule has 0 bridgehead atoms. The van der Waals surface area contributed by atoms with E-state index in [1.807, 2.05) is 30.5 Å². The number of aliphatic imine (C=N–C) groups is 1. The summed E-state index contributed by atoms with van der Waals surface area (Å²) in [5.41, 5.74) is 1.69. The van der Waals surface area contributed by atoms with Gasteiger partial charge in [-0.2, -0.15) is 13.2 Å². The van der Waals surface area contributed by atoms with Crippen molar-refractivity contribution in [2.24, 2.45) is 4.99 Å². The molecular weight excluding hydrogens is 277 g/mol. The molecule has 1 aromatic heterocycles. The topological polar surface area (TPSA) is 28.1 Å². The van der Waals surface area contributed by atoms with Crippen molar-refractivity contribution in [1.82, 2.24) is 4.98 Å². The molecule has 5 heteroatoms. The Labute approximate surface area is 119 Å². The molecule has 0 fully saturated rings. The van der Waals surface area contributed by atoms with Gasteiger partial charge in [0.25, 0.3) is 0 Å². The Balaban J connectivity index is 1.86. The van der Waals surface area contributed by atoms with Crippen LogP contribution in [-0.2, 0) is 6.18 Å². The minimum Gasteiger partial charge on any atom is -0.361 e. The monoisotopic (exact) mass is 288 g/mol. The minimum absolute atomic E-state index is 0.480. The number of halogens is 3. The summed E-state index contributed by atoms with van der Waals surface area (Å²) in [5.74, 6) is 0. The van der Waals surface area contributed by atoms with Crippen LogP contribution in [0, 0.1) is 0 Å². The quantitative estimate of drug-likeness (QED) is 0.647. The molecule has 0 aliphatic rings. The first-order valence-corrected chi connectivity index (χ1v) is 6.31. The largest absolute Gasteiger partial charge is 0.416 e. The number of fused-ring (bicyclic) bond motifs is 1. The highest BCUT2D eigenvalue weighted by atomic mass is 19.4. The van der Waals surface area contributed by atoms with Gasteiger partial charge in [-0.15, -0.1) is 0 Å². The molecular formula is C16H11F3N2. The Kier molecular flexibility index (Phi) is 3.25. The number of nitrogens with zero attached hydrogens (tertiary/aromatic N) is 1. The Morgan fingerprint density at radius 2 is 1.67 bits per heavy atom. The van der Waals surface area contributed by atoms with E-state index in [9.17, 15) is 13.2 Å². The molecule has 3 rings (SSSR count). The summed E-state index contributed by atoms with van der Waals surface area (Å²) in [4.78, 5) is 7.32. The smallest absolute Gasteiger partial charge is 0.361 e. The third kappa shape index (κ3) is 2.81. The fourth-order valence-electron chi connectivity index (χ4n) is 2.08. The number of aromatic amines is 1. The van der Waals surface area contributed by atoms with Crippen molar-refractivity contribution < 1.29 is 13.2 Å². The average molecular weight is 288 g/mol. The number of para-hydroxylation sites is 1. The van der Waals surface area contributed by atoms with Crippen LogP contribution in [0.1, 0.15) is 11.1 Å². The van der Waals surface area contributed by atoms with Crippen LogP contribution in [0.2, 0.25) is 0 Å². The molecule has 0 spiro atoms. The number of rotatable bonds is 2. The molecule has 21 heavy (non-hydrogen) atoms. The van der Waals surface area contributed by atoms with Crippen molar-refractivity contribution in [3.63, 3.8) is 0 Å². The van der Waals surface area contributed by atoms with Gasteiger partial charge in [-0.25, -0.2) is 0 Å². The number of H-pyrrole nitrogens is 1. The van der Waals surface area contributed by atoms with Crippen molar-refractivity contribution in [2.75, 3.05) is 0 Å². The lowest BCUT2D eigenvalue weighted by atomic mass is 10.2. The van der Waals surface area contributed by atoms with Crippen LogP contribution >= 0.6 is 0 Å². The van der Waals surface area contributed by atoms with E-state index in [4.69, 9.17) is 0 Å². The van der Waals surface area contributed by atoms with E-state index in [0.29, 0.717) is 5.69 Å². The van der Waals surface area contributed by atoms with Gasteiger partial charge in [0.1, 0.15) is 0 Å². The number of hydrogen-bond donors (Lipinski definition) is 1. The predicted octanol–water partition coefficient (Wildman–Crippen LogP) is 4.94. The molecule has 1 heterocycles. The summed E-state index contributed by atoms with van der Waals surface area (Å²) in [6, 6.07) is 12.5. The van der Waals surface area contributed by atoms with Crippen molar-refractivity contribution in [3.8, 4) is 0 Å². The van der Waals surface area contributed by atoms with Crippen molar-refractivity contribution in [1.29, 1.82) is 0 Å². The van der Waals surface area contributed by atoms with E-state index in [0.717, 1.165) is 28.6 Å². The van der Waals surface area contributed by atoms with E-state index < -0.39 is 11.7 Å². The molecule has 2 nitrogen and oxygen atoms in total. The molecule has 0 amide bonds. The number of hydrogen-bond acceptors (Lipinski definition) is 1. The second kappa shape index (κ2) is 5.09. The standard InChI is InChI=1S/C16H11F3N2/c17-16(18,19)12-5-7-13(8-6-12)20-9-11-10-21-15-4-2-1-3-14(11)15/h1-10,21H. The van der Waals surface area contributed by atoms with E-state index in [1.165, 1.54) is 12.1 Å². The maximum absolute atomic E-state index is 12.5. The minimum atomic E-state index is -4.32. The molecule has 1 N–H and O–H groups in total. The van der Waals surface area contributed by atoms with Gasteiger partial charge in [0.05, 0.1) is 11.3 Å². The summed E-state index contributed by atoms with van der Waals surface area (Å²) < 4.78 is 37.4. The molecule has 0 aliphatic heterocycles. The molecule has 0 unspecified atom stereocenters. The first kappa shape index (κ1) is 13.4. The third-order valence-electron chi connectivity index (χ3n) is 3.17. The second-order valence-corrected chi connectivity index (χ2v) is 4.59. The molecule has 0 saturated carbocycles. The lowest BCUT2D eigenvalue weighted by molar-refractivity contribution is -0.137. The number of benzene rings is 2. The van der Waals surface area contributed by atoms with Crippen LogP contribution in [0.3, 0.4) is 0 Å². The van der Waals surface area contributed by atoms with Gasteiger partial charge in [0.15, 0.2) is 0 Å². The Hall–Kier alpha value is -2.56. The number of alkyl halides is 3. The third-order valence-corrected chi connectivity index (χ3v) is 3.17. The molecule has 0 radical (unpaired) electrons. The van der Waals surface area contributed by atoms with Crippen molar-refractivity contribution in [3.05, 3.63) is 65.9 Å². The van der Waals surface area contributed by atoms with Gasteiger partial charge in [0.2, 0.25) is 0 Å². The molecule has 0 aliphatic carbocycles. The zero-order valence-electron chi connectivity index (χ0n) is 10.9. The van der Waals surface area contributed by atoms with E-state index in [-0.39, 0.29) is 0 Å². The van der Waals surface area contributed by atoms with Crippen molar-refractivity contribution >= 4 is 22.8 Å². The molecule has 3 aromatic rings. The highest BCUT2D eigenvalue weighted by Crippen LogP contribution is 2.30. The Morgan fingerprint density at radius 3 is 2.38 bits per heavy atom. The van der Waals surface area contributed by atoms with Crippen LogP contribution in [0.5, 0.6) is 0 Å². The molecule has 2 aromatic carbocycles. The van der Waals surface area contributed by atoms with Crippen molar-refractivity contribution in [2.45, 2.75) is 6.18 Å². The maximum atomic E-state index is 12.5. The fourth-order valence-corrected chi connectivity index (χ4v) is 2.08. The van der Waals surface area contributed by atoms with Gasteiger partial charge in [-0.3, -0.25) is 4.99 Å². The summed E-state index contributed by atoms with van der Waals surface area (Å²) in [6.07, 6.45) is -0.862. The van der Waals surface area contributed by atoms with Crippen LogP contribution in [-0.4, -0.2) is 11.2 Å². The van der Waals surface area contributed by atoms with Crippen LogP contribution in [0.4, 0.5) is 18.9 Å². The SMILES string of the molecule is FC(F)(F)c1ccc(N=Cc2c[nH]c3ccccc23)cc1. The molecule has 0 saturated heterocycles. The number of aromatic nitrogens is 1. The molecule has 106 valence electrons. The highest BCUT2D eigenvalue weighted by molar-refractivity contribution is 5.99. The Morgan fingerprint density at radius 1 is 0.952 bits per heavy atom. The van der Waals surface area contributed by atoms with Gasteiger partial charge < -0.3 is 4.98 Å². The maximum Gasteiger partial charge on any atom is 0.416 e. The van der Waals surface area contributed by atoms with Gasteiger partial charge in [0, 0.05) is 28.9 Å². The summed E-state index contributed by atoms with van der Waals surface area (Å²) in [6.45, 7) is 0. The highest BCUT2D eigenvalue weighted by Gasteiger charge is 2.29. The van der Waals surface area contributed by atoms with Crippen LogP contribution < -0.4 is 0 Å².